The monoisotopic (exact) mass is 252 g/mol. The lowest BCUT2D eigenvalue weighted by Crippen LogP contribution is -2.57. The van der Waals surface area contributed by atoms with Crippen LogP contribution in [0.5, 0.6) is 0 Å². The van der Waals surface area contributed by atoms with E-state index in [-0.39, 0.29) is 0 Å². The first-order chi connectivity index (χ1) is 8.63. The molecule has 0 aromatic rings. The van der Waals surface area contributed by atoms with Gasteiger partial charge in [-0.2, -0.15) is 0 Å². The molecule has 2 saturated carbocycles. The molecule has 2 aliphatic rings. The summed E-state index contributed by atoms with van der Waals surface area (Å²) in [6, 6.07) is 2.28. The van der Waals surface area contributed by atoms with Crippen LogP contribution in [0.4, 0.5) is 0 Å². The Balaban J connectivity index is 2.03. The van der Waals surface area contributed by atoms with Crippen LogP contribution in [0, 0.1) is 11.8 Å². The first-order valence-corrected chi connectivity index (χ1v) is 8.02. The molecule has 4 unspecified atom stereocenters. The van der Waals surface area contributed by atoms with Crippen LogP contribution in [0.3, 0.4) is 0 Å². The zero-order valence-electron chi connectivity index (χ0n) is 12.8. The van der Waals surface area contributed by atoms with Crippen LogP contribution in [0.1, 0.15) is 58.8 Å². The highest BCUT2D eigenvalue weighted by molar-refractivity contribution is 4.94. The molecule has 2 heteroatoms. The van der Waals surface area contributed by atoms with E-state index >= 15 is 0 Å². The van der Waals surface area contributed by atoms with Crippen molar-refractivity contribution in [2.75, 3.05) is 14.1 Å². The Morgan fingerprint density at radius 1 is 1.00 bits per heavy atom. The van der Waals surface area contributed by atoms with Crippen molar-refractivity contribution >= 4 is 0 Å². The molecule has 2 fully saturated rings. The number of hydrogen-bond donors (Lipinski definition) is 1. The minimum absolute atomic E-state index is 0.690. The van der Waals surface area contributed by atoms with Gasteiger partial charge in [-0.25, -0.2) is 0 Å². The summed E-state index contributed by atoms with van der Waals surface area (Å²) in [5, 5.41) is 3.59. The van der Waals surface area contributed by atoms with Crippen molar-refractivity contribution in [2.45, 2.75) is 76.9 Å². The van der Waals surface area contributed by atoms with Gasteiger partial charge in [0.05, 0.1) is 0 Å². The number of nitrogens with zero attached hydrogens (tertiary/aromatic N) is 1. The molecule has 18 heavy (non-hydrogen) atoms. The molecule has 0 aromatic heterocycles. The molecule has 0 saturated heterocycles. The van der Waals surface area contributed by atoms with Crippen LogP contribution in [0.15, 0.2) is 0 Å². The Labute approximate surface area is 114 Å². The molecule has 0 aromatic carbocycles. The summed E-state index contributed by atoms with van der Waals surface area (Å²) in [6.07, 6.45) is 9.93. The van der Waals surface area contributed by atoms with Gasteiger partial charge in [-0.05, 0) is 51.6 Å². The van der Waals surface area contributed by atoms with E-state index < -0.39 is 0 Å². The van der Waals surface area contributed by atoms with Crippen LogP contribution >= 0.6 is 0 Å². The average molecular weight is 252 g/mol. The second-order valence-electron chi connectivity index (χ2n) is 6.90. The maximum atomic E-state index is 3.59. The third-order valence-electron chi connectivity index (χ3n) is 5.42. The van der Waals surface area contributed by atoms with Crippen molar-refractivity contribution in [3.05, 3.63) is 0 Å². The van der Waals surface area contributed by atoms with Gasteiger partial charge in [0.2, 0.25) is 0 Å². The molecule has 2 nitrogen and oxygen atoms in total. The first-order valence-electron chi connectivity index (χ1n) is 8.02. The summed E-state index contributed by atoms with van der Waals surface area (Å²) in [5.41, 5.74) is 0. The Morgan fingerprint density at radius 3 is 2.28 bits per heavy atom. The average Bonchev–Trinajstić information content (AvgIpc) is 2.38. The topological polar surface area (TPSA) is 15.3 Å². The van der Waals surface area contributed by atoms with E-state index in [4.69, 9.17) is 0 Å². The molecule has 0 radical (unpaired) electrons. The third-order valence-corrected chi connectivity index (χ3v) is 5.42. The van der Waals surface area contributed by atoms with Crippen molar-refractivity contribution in [2.24, 2.45) is 11.8 Å². The zero-order valence-corrected chi connectivity index (χ0v) is 12.8. The molecule has 0 aliphatic heterocycles. The minimum atomic E-state index is 0.690. The van der Waals surface area contributed by atoms with Gasteiger partial charge in [-0.3, -0.25) is 4.90 Å². The van der Waals surface area contributed by atoms with Crippen molar-refractivity contribution < 1.29 is 0 Å². The molecule has 4 atom stereocenters. The van der Waals surface area contributed by atoms with Crippen LogP contribution in [0.25, 0.3) is 0 Å². The van der Waals surface area contributed by atoms with Crippen molar-refractivity contribution in [3.63, 3.8) is 0 Å². The SMILES string of the molecule is CNC1CC(C)CC(C)C1N(C)C1CCCCC1. The predicted molar refractivity (Wildman–Crippen MR) is 78.8 cm³/mol. The van der Waals surface area contributed by atoms with Gasteiger partial charge in [0.25, 0.3) is 0 Å². The molecule has 2 rings (SSSR count). The Bertz CT molecular complexity index is 247. The van der Waals surface area contributed by atoms with Crippen molar-refractivity contribution in [1.82, 2.24) is 10.2 Å². The quantitative estimate of drug-likeness (QED) is 0.829. The minimum Gasteiger partial charge on any atom is -0.315 e. The highest BCUT2D eigenvalue weighted by Gasteiger charge is 2.37. The highest BCUT2D eigenvalue weighted by atomic mass is 15.2. The van der Waals surface area contributed by atoms with Crippen molar-refractivity contribution in [1.29, 1.82) is 0 Å². The van der Waals surface area contributed by atoms with Gasteiger partial charge >= 0.3 is 0 Å². The predicted octanol–water partition coefficient (Wildman–Crippen LogP) is 3.27. The summed E-state index contributed by atoms with van der Waals surface area (Å²) >= 11 is 0. The highest BCUT2D eigenvalue weighted by Crippen LogP contribution is 2.34. The third kappa shape index (κ3) is 3.08. The maximum absolute atomic E-state index is 3.59. The van der Waals surface area contributed by atoms with Gasteiger partial charge in [0.15, 0.2) is 0 Å². The fourth-order valence-electron chi connectivity index (χ4n) is 4.55. The van der Waals surface area contributed by atoms with Crippen LogP contribution in [-0.2, 0) is 0 Å². The summed E-state index contributed by atoms with van der Waals surface area (Å²) in [7, 11) is 4.54. The standard InChI is InChI=1S/C16H32N2/c1-12-10-13(2)16(15(11-12)17-3)18(4)14-8-6-5-7-9-14/h12-17H,5-11H2,1-4H3. The summed E-state index contributed by atoms with van der Waals surface area (Å²) in [4.78, 5) is 2.73. The summed E-state index contributed by atoms with van der Waals surface area (Å²) in [6.45, 7) is 4.88. The number of likely N-dealkylation sites (N-methyl/N-ethyl adjacent to an activating group) is 2. The number of rotatable bonds is 3. The smallest absolute Gasteiger partial charge is 0.0274 e. The molecule has 2 aliphatic carbocycles. The van der Waals surface area contributed by atoms with Gasteiger partial charge < -0.3 is 5.32 Å². The lowest BCUT2D eigenvalue weighted by atomic mass is 9.75. The second kappa shape index (κ2) is 6.38. The normalized spacial score (nSPS) is 39.2. The number of hydrogen-bond acceptors (Lipinski definition) is 2. The largest absolute Gasteiger partial charge is 0.315 e. The van der Waals surface area contributed by atoms with Crippen LogP contribution < -0.4 is 5.32 Å². The van der Waals surface area contributed by atoms with Gasteiger partial charge in [-0.15, -0.1) is 0 Å². The fraction of sp³-hybridized carbons (Fsp3) is 1.00. The van der Waals surface area contributed by atoms with E-state index in [2.05, 4.69) is 38.2 Å². The van der Waals surface area contributed by atoms with Crippen LogP contribution in [-0.4, -0.2) is 37.1 Å². The fourth-order valence-corrected chi connectivity index (χ4v) is 4.55. The molecule has 0 spiro atoms. The lowest BCUT2D eigenvalue weighted by Gasteiger charge is -2.48. The second-order valence-corrected chi connectivity index (χ2v) is 6.90. The molecule has 0 bridgehead atoms. The number of nitrogens with one attached hydrogen (secondary N) is 1. The Hall–Kier alpha value is -0.0800. The van der Waals surface area contributed by atoms with E-state index in [1.54, 1.807) is 0 Å². The van der Waals surface area contributed by atoms with Crippen molar-refractivity contribution in [3.8, 4) is 0 Å². The summed E-state index contributed by atoms with van der Waals surface area (Å²) < 4.78 is 0. The van der Waals surface area contributed by atoms with Gasteiger partial charge in [0.1, 0.15) is 0 Å². The van der Waals surface area contributed by atoms with Gasteiger partial charge in [0, 0.05) is 18.1 Å². The van der Waals surface area contributed by atoms with E-state index in [0.29, 0.717) is 6.04 Å². The Kier molecular flexibility index (Phi) is 5.08. The first kappa shape index (κ1) is 14.3. The molecule has 1 N–H and O–H groups in total. The van der Waals surface area contributed by atoms with E-state index in [0.717, 1.165) is 23.9 Å². The van der Waals surface area contributed by atoms with E-state index in [1.165, 1.54) is 44.9 Å². The maximum Gasteiger partial charge on any atom is 0.0274 e. The summed E-state index contributed by atoms with van der Waals surface area (Å²) in [5.74, 6) is 1.71. The molecular formula is C16H32N2. The molecular weight excluding hydrogens is 220 g/mol. The van der Waals surface area contributed by atoms with E-state index in [9.17, 15) is 0 Å². The zero-order chi connectivity index (χ0) is 13.1. The molecule has 106 valence electrons. The van der Waals surface area contributed by atoms with Crippen LogP contribution in [0.2, 0.25) is 0 Å². The van der Waals surface area contributed by atoms with Gasteiger partial charge in [-0.1, -0.05) is 33.1 Å². The lowest BCUT2D eigenvalue weighted by molar-refractivity contribution is 0.0403. The molecule has 0 heterocycles. The molecule has 0 amide bonds. The Morgan fingerprint density at radius 2 is 1.67 bits per heavy atom. The van der Waals surface area contributed by atoms with E-state index in [1.807, 2.05) is 0 Å².